The van der Waals surface area contributed by atoms with E-state index in [9.17, 15) is 9.59 Å². The number of rotatable bonds is 2. The van der Waals surface area contributed by atoms with Gasteiger partial charge in [0, 0.05) is 26.2 Å². The first-order chi connectivity index (χ1) is 11.9. The summed E-state index contributed by atoms with van der Waals surface area (Å²) in [6.07, 6.45) is 7.96. The van der Waals surface area contributed by atoms with Crippen molar-refractivity contribution in [3.05, 3.63) is 0 Å². The molecule has 5 aliphatic carbocycles. The lowest BCUT2D eigenvalue weighted by molar-refractivity contribution is -0.160. The first kappa shape index (κ1) is 16.7. The molecule has 0 aromatic carbocycles. The Morgan fingerprint density at radius 1 is 0.760 bits per heavy atom. The second-order valence-corrected chi connectivity index (χ2v) is 10.9. The highest BCUT2D eigenvalue weighted by Crippen LogP contribution is 2.60. The Morgan fingerprint density at radius 3 is 1.64 bits per heavy atom. The number of halogens is 2. The van der Waals surface area contributed by atoms with E-state index in [2.05, 4.69) is 0 Å². The lowest BCUT2D eigenvalue weighted by atomic mass is 9.49. The normalized spacial score (nSPS) is 44.1. The number of piperazine rings is 1. The van der Waals surface area contributed by atoms with Gasteiger partial charge < -0.3 is 9.80 Å². The molecule has 0 radical (unpaired) electrons. The second kappa shape index (κ2) is 5.51. The zero-order valence-corrected chi connectivity index (χ0v) is 16.1. The van der Waals surface area contributed by atoms with Crippen LogP contribution in [-0.2, 0) is 9.59 Å². The number of carbonyl (C=O) groups is 2. The molecule has 4 nitrogen and oxygen atoms in total. The van der Waals surface area contributed by atoms with Crippen molar-refractivity contribution in [2.75, 3.05) is 26.2 Å². The van der Waals surface area contributed by atoms with Crippen LogP contribution in [-0.4, -0.2) is 52.1 Å². The number of hydrogen-bond donors (Lipinski definition) is 0. The number of alkyl halides is 2. The highest BCUT2D eigenvalue weighted by atomic mass is 35.5. The van der Waals surface area contributed by atoms with Crippen LogP contribution in [0.2, 0.25) is 0 Å². The third-order valence-electron chi connectivity index (χ3n) is 7.49. The van der Waals surface area contributed by atoms with Gasteiger partial charge in [-0.1, -0.05) is 0 Å². The van der Waals surface area contributed by atoms with E-state index in [1.165, 1.54) is 19.3 Å². The quantitative estimate of drug-likeness (QED) is 0.686. The van der Waals surface area contributed by atoms with Gasteiger partial charge in [-0.25, -0.2) is 0 Å². The minimum absolute atomic E-state index is 0.0619. The average Bonchev–Trinajstić information content (AvgIpc) is 3.21. The van der Waals surface area contributed by atoms with Crippen molar-refractivity contribution in [2.24, 2.45) is 29.1 Å². The van der Waals surface area contributed by atoms with Crippen molar-refractivity contribution in [1.29, 1.82) is 0 Å². The summed E-state index contributed by atoms with van der Waals surface area (Å²) in [6.45, 7) is 2.57. The topological polar surface area (TPSA) is 40.6 Å². The third-order valence-corrected chi connectivity index (χ3v) is 8.33. The fraction of sp³-hybridized carbons (Fsp3) is 0.895. The van der Waals surface area contributed by atoms with Gasteiger partial charge in [-0.3, -0.25) is 9.59 Å². The van der Waals surface area contributed by atoms with Gasteiger partial charge in [0.05, 0.1) is 11.3 Å². The molecule has 1 unspecified atom stereocenters. The molecular formula is C19H26Cl2N2O2. The summed E-state index contributed by atoms with van der Waals surface area (Å²) in [5.41, 5.74) is -0.0706. The summed E-state index contributed by atoms with van der Waals surface area (Å²) in [7, 11) is 0. The Kier molecular flexibility index (Phi) is 3.68. The second-order valence-electron chi connectivity index (χ2n) is 9.33. The Balaban J connectivity index is 1.23. The van der Waals surface area contributed by atoms with E-state index in [1.807, 2.05) is 9.80 Å². The summed E-state index contributed by atoms with van der Waals surface area (Å²) in [5, 5.41) is 0. The van der Waals surface area contributed by atoms with Crippen LogP contribution < -0.4 is 0 Å². The molecule has 1 saturated heterocycles. The predicted molar refractivity (Wildman–Crippen MR) is 96.3 cm³/mol. The van der Waals surface area contributed by atoms with Crippen LogP contribution >= 0.6 is 23.2 Å². The number of amides is 2. The van der Waals surface area contributed by atoms with Gasteiger partial charge in [-0.05, 0) is 62.7 Å². The zero-order chi connectivity index (χ0) is 17.4. The van der Waals surface area contributed by atoms with Crippen molar-refractivity contribution in [2.45, 2.75) is 49.3 Å². The molecule has 0 aromatic heterocycles. The van der Waals surface area contributed by atoms with E-state index >= 15 is 0 Å². The Bertz CT molecular complexity index is 577. The lowest BCUT2D eigenvalue weighted by Crippen LogP contribution is -2.58. The van der Waals surface area contributed by atoms with Crippen LogP contribution in [0.15, 0.2) is 0 Å². The first-order valence-electron chi connectivity index (χ1n) is 9.82. The Hall–Kier alpha value is -0.480. The molecule has 2 amide bonds. The first-order valence-corrected chi connectivity index (χ1v) is 10.6. The lowest BCUT2D eigenvalue weighted by Gasteiger charge is -2.57. The predicted octanol–water partition coefficient (Wildman–Crippen LogP) is 3.07. The smallest absolute Gasteiger partial charge is 0.228 e. The highest BCUT2D eigenvalue weighted by Gasteiger charge is 2.58. The Morgan fingerprint density at radius 2 is 1.20 bits per heavy atom. The molecule has 6 aliphatic rings. The molecule has 1 atom stereocenters. The maximum Gasteiger partial charge on any atom is 0.228 e. The van der Waals surface area contributed by atoms with Crippen molar-refractivity contribution in [3.63, 3.8) is 0 Å². The minimum Gasteiger partial charge on any atom is -0.339 e. The standard InChI is InChI=1S/C19H26Cl2N2O2/c20-19(21)11-15(19)16(24)22-1-3-23(4-2-22)17(25)18-8-12-5-13(9-18)7-14(6-12)10-18/h12-15H,1-11H2. The molecule has 0 aromatic rings. The van der Waals surface area contributed by atoms with Gasteiger partial charge in [0.25, 0.3) is 0 Å². The van der Waals surface area contributed by atoms with Crippen molar-refractivity contribution in [3.8, 4) is 0 Å². The number of nitrogens with zero attached hydrogens (tertiary/aromatic N) is 2. The van der Waals surface area contributed by atoms with E-state index in [4.69, 9.17) is 23.2 Å². The number of carbonyl (C=O) groups excluding carboxylic acids is 2. The Labute approximate surface area is 159 Å². The van der Waals surface area contributed by atoms with Crippen molar-refractivity contribution < 1.29 is 9.59 Å². The van der Waals surface area contributed by atoms with Crippen molar-refractivity contribution >= 4 is 35.0 Å². The summed E-state index contributed by atoms with van der Waals surface area (Å²) in [5.74, 6) is 2.55. The summed E-state index contributed by atoms with van der Waals surface area (Å²) < 4.78 is -0.858. The fourth-order valence-corrected chi connectivity index (χ4v) is 7.03. The van der Waals surface area contributed by atoms with E-state index in [0.717, 1.165) is 37.0 Å². The summed E-state index contributed by atoms with van der Waals surface area (Å²) >= 11 is 12.1. The third kappa shape index (κ3) is 2.70. The molecule has 0 N–H and O–H groups in total. The van der Waals surface area contributed by atoms with Crippen LogP contribution in [0.3, 0.4) is 0 Å². The monoisotopic (exact) mass is 384 g/mol. The maximum atomic E-state index is 13.4. The molecular weight excluding hydrogens is 359 g/mol. The van der Waals surface area contributed by atoms with E-state index < -0.39 is 4.33 Å². The van der Waals surface area contributed by atoms with Crippen LogP contribution in [0.1, 0.15) is 44.9 Å². The molecule has 1 heterocycles. The van der Waals surface area contributed by atoms with Crippen molar-refractivity contribution in [1.82, 2.24) is 9.80 Å². The van der Waals surface area contributed by atoms with Crippen LogP contribution in [0.4, 0.5) is 0 Å². The molecule has 5 saturated carbocycles. The van der Waals surface area contributed by atoms with Crippen LogP contribution in [0, 0.1) is 29.1 Å². The molecule has 1 aliphatic heterocycles. The minimum atomic E-state index is -0.858. The summed E-state index contributed by atoms with van der Waals surface area (Å²) in [4.78, 5) is 29.7. The molecule has 6 heteroatoms. The zero-order valence-electron chi connectivity index (χ0n) is 14.6. The fourth-order valence-electron chi connectivity index (χ4n) is 6.54. The van der Waals surface area contributed by atoms with E-state index in [1.54, 1.807) is 0 Å². The SMILES string of the molecule is O=C(C1CC1(Cl)Cl)N1CCN(C(=O)C23CC4CC(CC(C4)C2)C3)CC1. The van der Waals surface area contributed by atoms with Crippen LogP contribution in [0.5, 0.6) is 0 Å². The number of hydrogen-bond acceptors (Lipinski definition) is 2. The maximum absolute atomic E-state index is 13.4. The highest BCUT2D eigenvalue weighted by molar-refractivity contribution is 6.52. The van der Waals surface area contributed by atoms with Gasteiger partial charge >= 0.3 is 0 Å². The van der Waals surface area contributed by atoms with Gasteiger partial charge in [0.15, 0.2) is 0 Å². The van der Waals surface area contributed by atoms with Gasteiger partial charge in [0.2, 0.25) is 11.8 Å². The molecule has 25 heavy (non-hydrogen) atoms. The largest absolute Gasteiger partial charge is 0.339 e. The van der Waals surface area contributed by atoms with E-state index in [-0.39, 0.29) is 17.2 Å². The van der Waals surface area contributed by atoms with Crippen LogP contribution in [0.25, 0.3) is 0 Å². The molecule has 6 fully saturated rings. The van der Waals surface area contributed by atoms with Gasteiger partial charge in [-0.15, -0.1) is 23.2 Å². The van der Waals surface area contributed by atoms with Gasteiger partial charge in [0.1, 0.15) is 4.33 Å². The molecule has 4 bridgehead atoms. The molecule has 138 valence electrons. The van der Waals surface area contributed by atoms with E-state index in [0.29, 0.717) is 38.5 Å². The molecule has 6 rings (SSSR count). The average molecular weight is 385 g/mol. The molecule has 0 spiro atoms. The van der Waals surface area contributed by atoms with Gasteiger partial charge in [-0.2, -0.15) is 0 Å². The summed E-state index contributed by atoms with van der Waals surface area (Å²) in [6, 6.07) is 0.